The molecule has 0 unspecified atom stereocenters. The molecule has 0 bridgehead atoms. The van der Waals surface area contributed by atoms with E-state index in [1.165, 1.54) is 11.8 Å². The third-order valence-electron chi connectivity index (χ3n) is 3.73. The van der Waals surface area contributed by atoms with Crippen LogP contribution in [0.5, 0.6) is 5.75 Å². The lowest BCUT2D eigenvalue weighted by Crippen LogP contribution is -2.27. The number of nitrogens with zero attached hydrogens (tertiary/aromatic N) is 1. The zero-order valence-corrected chi connectivity index (χ0v) is 20.1. The van der Waals surface area contributed by atoms with Gasteiger partial charge >= 0.3 is 0 Å². The van der Waals surface area contributed by atoms with Crippen LogP contribution in [0.1, 0.15) is 11.1 Å². The first-order valence-electron chi connectivity index (χ1n) is 8.01. The van der Waals surface area contributed by atoms with Crippen molar-refractivity contribution < 1.29 is 9.53 Å². The fourth-order valence-electron chi connectivity index (χ4n) is 2.50. The van der Waals surface area contributed by atoms with Gasteiger partial charge in [-0.05, 0) is 69.0 Å². The Morgan fingerprint density at radius 1 is 1.22 bits per heavy atom. The second-order valence-corrected chi connectivity index (χ2v) is 9.74. The number of hydrogen-bond donors (Lipinski definition) is 0. The molecule has 138 valence electrons. The summed E-state index contributed by atoms with van der Waals surface area (Å²) in [6.45, 7) is 4.58. The second kappa shape index (κ2) is 9.53. The van der Waals surface area contributed by atoms with E-state index in [-0.39, 0.29) is 5.91 Å². The summed E-state index contributed by atoms with van der Waals surface area (Å²) < 4.78 is 8.75. The summed E-state index contributed by atoms with van der Waals surface area (Å²) in [5.74, 6) is 0.682. The predicted molar refractivity (Wildman–Crippen MR) is 133 cm³/mol. The summed E-state index contributed by atoms with van der Waals surface area (Å²) >= 11 is 11.2. The topological polar surface area (TPSA) is 29.5 Å². The molecule has 0 aliphatic carbocycles. The van der Waals surface area contributed by atoms with Crippen LogP contribution in [0.3, 0.4) is 0 Å². The SMILES string of the molecule is C=CCN1C(=O)/C(=C/c2cc(I)cc(I)c2OCc2ccccc2)SC1=S. The Balaban J connectivity index is 1.92. The average molecular weight is 619 g/mol. The predicted octanol–water partition coefficient (Wildman–Crippen LogP) is 5.86. The molecule has 0 spiro atoms. The fourth-order valence-corrected chi connectivity index (χ4v) is 5.81. The summed E-state index contributed by atoms with van der Waals surface area (Å²) in [5, 5.41) is 0. The van der Waals surface area contributed by atoms with Gasteiger partial charge in [0.15, 0.2) is 0 Å². The monoisotopic (exact) mass is 619 g/mol. The maximum absolute atomic E-state index is 12.6. The summed E-state index contributed by atoms with van der Waals surface area (Å²) in [7, 11) is 0. The highest BCUT2D eigenvalue weighted by Gasteiger charge is 2.31. The van der Waals surface area contributed by atoms with Crippen LogP contribution in [0.4, 0.5) is 0 Å². The quantitative estimate of drug-likeness (QED) is 0.176. The normalized spacial score (nSPS) is 15.5. The maximum atomic E-state index is 12.6. The standard InChI is InChI=1S/C20H15I2NO2S2/c1-2-8-23-19(24)17(27-20(23)26)10-14-9-15(21)11-16(22)18(14)25-12-13-6-4-3-5-7-13/h2-7,9-11H,1,8,12H2/b17-10-. The van der Waals surface area contributed by atoms with Crippen molar-refractivity contribution >= 4 is 85.5 Å². The zero-order valence-electron chi connectivity index (χ0n) is 14.2. The molecule has 0 atom stereocenters. The average Bonchev–Trinajstić information content (AvgIpc) is 2.89. The van der Waals surface area contributed by atoms with Gasteiger partial charge in [-0.15, -0.1) is 6.58 Å². The van der Waals surface area contributed by atoms with Gasteiger partial charge in [-0.3, -0.25) is 9.69 Å². The smallest absolute Gasteiger partial charge is 0.266 e. The molecule has 7 heteroatoms. The van der Waals surface area contributed by atoms with E-state index in [0.717, 1.165) is 24.0 Å². The van der Waals surface area contributed by atoms with E-state index in [1.807, 2.05) is 42.5 Å². The molecule has 1 aliphatic heterocycles. The molecule has 1 amide bonds. The van der Waals surface area contributed by atoms with Gasteiger partial charge in [0.1, 0.15) is 16.7 Å². The van der Waals surface area contributed by atoms with Crippen LogP contribution in [0, 0.1) is 7.14 Å². The highest BCUT2D eigenvalue weighted by molar-refractivity contribution is 14.1. The molecule has 0 aromatic heterocycles. The molecule has 3 nitrogen and oxygen atoms in total. The number of halogens is 2. The van der Waals surface area contributed by atoms with E-state index in [0.29, 0.717) is 22.4 Å². The zero-order chi connectivity index (χ0) is 19.4. The third-order valence-corrected chi connectivity index (χ3v) is 6.54. The molecule has 1 aliphatic rings. The molecular weight excluding hydrogens is 604 g/mol. The first kappa shape index (κ1) is 20.8. The van der Waals surface area contributed by atoms with Gasteiger partial charge in [-0.25, -0.2) is 0 Å². The van der Waals surface area contributed by atoms with E-state index in [9.17, 15) is 4.79 Å². The largest absolute Gasteiger partial charge is 0.487 e. The molecule has 1 heterocycles. The van der Waals surface area contributed by atoms with E-state index in [4.69, 9.17) is 17.0 Å². The van der Waals surface area contributed by atoms with Gasteiger partial charge in [0.05, 0.1) is 8.48 Å². The van der Waals surface area contributed by atoms with Gasteiger partial charge in [0, 0.05) is 15.7 Å². The summed E-state index contributed by atoms with van der Waals surface area (Å²) in [6, 6.07) is 14.1. The molecule has 0 N–H and O–H groups in total. The number of thioether (sulfide) groups is 1. The van der Waals surface area contributed by atoms with Crippen molar-refractivity contribution in [3.8, 4) is 5.75 Å². The maximum Gasteiger partial charge on any atom is 0.266 e. The van der Waals surface area contributed by atoms with E-state index < -0.39 is 0 Å². The molecule has 1 saturated heterocycles. The van der Waals surface area contributed by atoms with Crippen LogP contribution >= 0.6 is 69.2 Å². The summed E-state index contributed by atoms with van der Waals surface area (Å²) in [5.41, 5.74) is 1.97. The number of hydrogen-bond acceptors (Lipinski definition) is 4. The first-order valence-corrected chi connectivity index (χ1v) is 11.4. The lowest BCUT2D eigenvalue weighted by atomic mass is 10.1. The molecule has 3 rings (SSSR count). The number of carbonyl (C=O) groups excluding carboxylic acids is 1. The van der Waals surface area contributed by atoms with Crippen molar-refractivity contribution in [3.63, 3.8) is 0 Å². The highest BCUT2D eigenvalue weighted by atomic mass is 127. The van der Waals surface area contributed by atoms with Crippen LogP contribution in [0.25, 0.3) is 6.08 Å². The molecule has 2 aromatic carbocycles. The van der Waals surface area contributed by atoms with Gasteiger partial charge in [0.2, 0.25) is 0 Å². The molecule has 0 saturated carbocycles. The number of rotatable bonds is 6. The third kappa shape index (κ3) is 5.12. The lowest BCUT2D eigenvalue weighted by Gasteiger charge is -2.13. The Hall–Kier alpha value is -0.910. The van der Waals surface area contributed by atoms with Gasteiger partial charge in [-0.2, -0.15) is 0 Å². The highest BCUT2D eigenvalue weighted by Crippen LogP contribution is 2.36. The molecule has 27 heavy (non-hydrogen) atoms. The Morgan fingerprint density at radius 3 is 2.67 bits per heavy atom. The Bertz CT molecular complexity index is 929. The molecule has 0 radical (unpaired) electrons. The van der Waals surface area contributed by atoms with Crippen LogP contribution < -0.4 is 4.74 Å². The number of amides is 1. The number of benzene rings is 2. The Labute approximate surface area is 195 Å². The number of thiocarbonyl (C=S) groups is 1. The molecule has 1 fully saturated rings. The van der Waals surface area contributed by atoms with Crippen LogP contribution in [-0.2, 0) is 11.4 Å². The van der Waals surface area contributed by atoms with Crippen LogP contribution in [0.15, 0.2) is 60.0 Å². The van der Waals surface area contributed by atoms with E-state index in [2.05, 4.69) is 57.8 Å². The van der Waals surface area contributed by atoms with Gasteiger partial charge < -0.3 is 4.74 Å². The van der Waals surface area contributed by atoms with Crippen molar-refractivity contribution in [2.45, 2.75) is 6.61 Å². The van der Waals surface area contributed by atoms with Gasteiger partial charge in [0.25, 0.3) is 5.91 Å². The van der Waals surface area contributed by atoms with Gasteiger partial charge in [-0.1, -0.05) is 60.4 Å². The van der Waals surface area contributed by atoms with Crippen LogP contribution in [-0.4, -0.2) is 21.7 Å². The Kier molecular flexibility index (Phi) is 7.35. The lowest BCUT2D eigenvalue weighted by molar-refractivity contribution is -0.121. The van der Waals surface area contributed by atoms with Crippen molar-refractivity contribution in [1.29, 1.82) is 0 Å². The Morgan fingerprint density at radius 2 is 1.96 bits per heavy atom. The molecule has 2 aromatic rings. The van der Waals surface area contributed by atoms with E-state index in [1.54, 1.807) is 11.0 Å². The summed E-state index contributed by atoms with van der Waals surface area (Å²) in [6.07, 6.45) is 3.55. The first-order chi connectivity index (χ1) is 13.0. The number of carbonyl (C=O) groups is 1. The van der Waals surface area contributed by atoms with Crippen molar-refractivity contribution in [1.82, 2.24) is 4.90 Å². The summed E-state index contributed by atoms with van der Waals surface area (Å²) in [4.78, 5) is 14.8. The minimum Gasteiger partial charge on any atom is -0.487 e. The second-order valence-electron chi connectivity index (χ2n) is 5.66. The molecular formula is C20H15I2NO2S2. The minimum absolute atomic E-state index is 0.0900. The van der Waals surface area contributed by atoms with Crippen LogP contribution in [0.2, 0.25) is 0 Å². The number of ether oxygens (including phenoxy) is 1. The fraction of sp³-hybridized carbons (Fsp3) is 0.100. The minimum atomic E-state index is -0.0900. The van der Waals surface area contributed by atoms with Crippen molar-refractivity contribution in [3.05, 3.63) is 78.3 Å². The van der Waals surface area contributed by atoms with Crippen molar-refractivity contribution in [2.24, 2.45) is 0 Å². The van der Waals surface area contributed by atoms with Crippen molar-refractivity contribution in [2.75, 3.05) is 6.54 Å². The van der Waals surface area contributed by atoms with E-state index >= 15 is 0 Å².